The van der Waals surface area contributed by atoms with E-state index >= 15 is 0 Å². The van der Waals surface area contributed by atoms with E-state index in [0.29, 0.717) is 0 Å². The molecule has 13 heteroatoms. The van der Waals surface area contributed by atoms with Crippen molar-refractivity contribution >= 4 is 27.9 Å². The molecule has 0 saturated heterocycles. The van der Waals surface area contributed by atoms with Crippen LogP contribution in [-0.2, 0) is 3.02 Å². The van der Waals surface area contributed by atoms with Crippen molar-refractivity contribution in [2.24, 2.45) is 0 Å². The van der Waals surface area contributed by atoms with Crippen molar-refractivity contribution in [3.05, 3.63) is 0 Å². The molecule has 0 spiro atoms. The molecule has 0 rings (SSSR count). The standard InChI is InChI=1S/F6P.FH.3H2O.O.Sb/c1-7(2,3,4,5)6;;;;;;/h;1H;3*1H2;;/q-1;;;;;;+3/p-3. The first-order valence-electron chi connectivity index (χ1n) is 1.80. The second-order valence-corrected chi connectivity index (χ2v) is 6.32. The zero-order valence-corrected chi connectivity index (χ0v) is 8.77. The van der Waals surface area contributed by atoms with Crippen LogP contribution < -0.4 is 0 Å². The minimum atomic E-state index is -10.7. The monoisotopic (exact) mass is 353 g/mol. The van der Waals surface area contributed by atoms with Crippen LogP contribution in [0, 0.1) is 0 Å². The van der Waals surface area contributed by atoms with Crippen LogP contribution in [0.15, 0.2) is 0 Å². The summed E-state index contributed by atoms with van der Waals surface area (Å²) in [6.07, 6.45) is 0. The molecule has 0 radical (unpaired) electrons. The van der Waals surface area contributed by atoms with Crippen molar-refractivity contribution < 1.29 is 43.1 Å². The molecule has 0 aromatic rings. The molecule has 0 bridgehead atoms. The molecule has 0 aromatic carbocycles. The van der Waals surface area contributed by atoms with E-state index in [1.165, 1.54) is 0 Å². The third kappa shape index (κ3) is 7060. The Labute approximate surface area is 71.5 Å². The van der Waals surface area contributed by atoms with Crippen LogP contribution >= 0.6 is 7.81 Å². The molecule has 0 saturated carbocycles. The van der Waals surface area contributed by atoms with Crippen molar-refractivity contribution in [3.63, 3.8) is 0 Å². The van der Waals surface area contributed by atoms with Crippen LogP contribution in [0.3, 0.4) is 0 Å². The van der Waals surface area contributed by atoms with E-state index in [1.807, 2.05) is 0 Å². The average Bonchev–Trinajstić information content (AvgIpc) is 1.04. The Morgan fingerprint density at radius 1 is 0.846 bits per heavy atom. The first-order valence-corrected chi connectivity index (χ1v) is 8.29. The van der Waals surface area contributed by atoms with Gasteiger partial charge >= 0.3 is 66.2 Å². The van der Waals surface area contributed by atoms with Gasteiger partial charge in [-0.25, -0.2) is 0 Å². The molecule has 0 unspecified atom stereocenters. The van der Waals surface area contributed by atoms with Crippen molar-refractivity contribution in [1.29, 1.82) is 0 Å². The summed E-state index contributed by atoms with van der Waals surface area (Å²) < 4.78 is 90.0. The Balaban J connectivity index is -0.000000150. The number of hydrogen-bond acceptors (Lipinski definition) is 1. The molecule has 88 valence electrons. The molecule has 0 aliphatic rings. The normalized spacial score (nSPS) is 17.0. The Bertz CT molecular complexity index is 174. The predicted molar refractivity (Wildman–Crippen MR) is 29.2 cm³/mol. The molecule has 0 aromatic heterocycles. The first kappa shape index (κ1) is 19.1. The molecule has 0 fully saturated rings. The summed E-state index contributed by atoms with van der Waals surface area (Å²) in [5.74, 6) is 0. The van der Waals surface area contributed by atoms with Gasteiger partial charge in [-0.3, -0.25) is 4.70 Å². The van der Waals surface area contributed by atoms with Gasteiger partial charge in [-0.1, -0.05) is 0 Å². The van der Waals surface area contributed by atoms with Gasteiger partial charge in [-0.15, -0.1) is 0 Å². The number of hydrogen-bond donors (Lipinski definition) is 3. The molecule has 13 heavy (non-hydrogen) atoms. The fraction of sp³-hybridized carbons (Fsp3) is 0. The van der Waals surface area contributed by atoms with E-state index in [4.69, 9.17) is 13.2 Å². The molecular weight excluding hydrogens is 350 g/mol. The summed E-state index contributed by atoms with van der Waals surface area (Å²) in [7, 11) is -10.7. The van der Waals surface area contributed by atoms with Gasteiger partial charge in [0.2, 0.25) is 0 Å². The maximum absolute atomic E-state index is 10.7. The summed E-state index contributed by atoms with van der Waals surface area (Å²) in [4.78, 5) is 0. The van der Waals surface area contributed by atoms with Crippen LogP contribution in [0.5, 0.6) is 0 Å². The van der Waals surface area contributed by atoms with Crippen LogP contribution in [0.2, 0.25) is 0 Å². The summed E-state index contributed by atoms with van der Waals surface area (Å²) in [5.41, 5.74) is 0. The van der Waals surface area contributed by atoms with E-state index in [-0.39, 0.29) is 4.70 Å². The minimum absolute atomic E-state index is 0. The summed E-state index contributed by atoms with van der Waals surface area (Å²) in [5, 5.41) is 0. The second kappa shape index (κ2) is 3.54. The topological polar surface area (TPSA) is 77.8 Å². The molecule has 0 heterocycles. The first-order chi connectivity index (χ1) is 4.45. The van der Waals surface area contributed by atoms with Crippen molar-refractivity contribution in [2.45, 2.75) is 0 Å². The van der Waals surface area contributed by atoms with Gasteiger partial charge in [0.15, 0.2) is 0 Å². The van der Waals surface area contributed by atoms with Crippen molar-refractivity contribution in [1.82, 2.24) is 0 Å². The van der Waals surface area contributed by atoms with E-state index in [1.54, 1.807) is 0 Å². The Morgan fingerprint density at radius 2 is 0.846 bits per heavy atom. The predicted octanol–water partition coefficient (Wildman–Crippen LogP) is 1.36. The number of halogens is 7. The van der Waals surface area contributed by atoms with Crippen molar-refractivity contribution in [3.8, 4) is 0 Å². The fourth-order valence-electron chi connectivity index (χ4n) is 0. The fourth-order valence-corrected chi connectivity index (χ4v) is 0. The number of rotatable bonds is 0. The average molecular weight is 354 g/mol. The van der Waals surface area contributed by atoms with Crippen LogP contribution in [0.25, 0.3) is 0 Å². The molecule has 0 aliphatic carbocycles. The zero-order chi connectivity index (χ0) is 10.9. The Kier molecular flexibility index (Phi) is 5.20. The summed E-state index contributed by atoms with van der Waals surface area (Å²) >= 11 is -5.35. The van der Waals surface area contributed by atoms with Gasteiger partial charge in [-0.05, 0) is 0 Å². The quantitative estimate of drug-likeness (QED) is 0.349. The zero-order valence-electron chi connectivity index (χ0n) is 5.32. The molecule has 0 aliphatic heterocycles. The van der Waals surface area contributed by atoms with Crippen LogP contribution in [0.4, 0.5) is 29.9 Å². The second-order valence-electron chi connectivity index (χ2n) is 1.47. The SMILES string of the molecule is F.F[P-](F)(F)(F)(F)F.[O]=[Sb]([OH])([OH])[OH]. The Morgan fingerprint density at radius 3 is 0.846 bits per heavy atom. The third-order valence-corrected chi connectivity index (χ3v) is 0. The molecule has 0 amide bonds. The van der Waals surface area contributed by atoms with E-state index in [2.05, 4.69) is 0 Å². The van der Waals surface area contributed by atoms with Gasteiger partial charge in [-0.2, -0.15) is 0 Å². The van der Waals surface area contributed by atoms with Crippen LogP contribution in [0.1, 0.15) is 0 Å². The van der Waals surface area contributed by atoms with E-state index < -0.39 is 27.9 Å². The molecular formula is H4F7O4PSb-. The molecule has 0 atom stereocenters. The molecule has 3 N–H and O–H groups in total. The van der Waals surface area contributed by atoms with Gasteiger partial charge in [0.1, 0.15) is 0 Å². The van der Waals surface area contributed by atoms with Gasteiger partial charge in [0.05, 0.1) is 0 Å². The third-order valence-electron chi connectivity index (χ3n) is 0. The summed E-state index contributed by atoms with van der Waals surface area (Å²) in [6, 6.07) is 0. The van der Waals surface area contributed by atoms with Crippen LogP contribution in [-0.4, -0.2) is 30.2 Å². The summed E-state index contributed by atoms with van der Waals surface area (Å²) in [6.45, 7) is 0. The van der Waals surface area contributed by atoms with E-state index in [0.717, 1.165) is 0 Å². The maximum atomic E-state index is 9.87. The Hall–Kier alpha value is 0.438. The van der Waals surface area contributed by atoms with Crippen molar-refractivity contribution in [2.75, 3.05) is 0 Å². The van der Waals surface area contributed by atoms with Gasteiger partial charge in [0, 0.05) is 0 Å². The van der Waals surface area contributed by atoms with Gasteiger partial charge < -0.3 is 0 Å². The van der Waals surface area contributed by atoms with E-state index in [9.17, 15) is 25.2 Å². The van der Waals surface area contributed by atoms with Gasteiger partial charge in [0.25, 0.3) is 0 Å². The molecule has 4 nitrogen and oxygen atoms in total.